The third-order valence-electron chi connectivity index (χ3n) is 2.26. The largest absolute Gasteiger partial charge is 0.394 e. The van der Waals surface area contributed by atoms with E-state index in [0.717, 1.165) is 19.4 Å². The molecule has 108 valence electrons. The van der Waals surface area contributed by atoms with Gasteiger partial charge in [-0.1, -0.05) is 25.5 Å². The number of ether oxygens (including phenoxy) is 3. The minimum absolute atomic E-state index is 0.0653. The summed E-state index contributed by atoms with van der Waals surface area (Å²) in [5.41, 5.74) is 0. The molecular formula is C14H28O4. The standard InChI is InChI=1S/C14H28O4/c1-2-3-4-5-6-7-9-16-11-13-18-14-12-17-10-8-15/h4-5,15H,2-3,6-14H2,1H3/b5-4+. The van der Waals surface area contributed by atoms with Crippen molar-refractivity contribution in [2.75, 3.05) is 46.2 Å². The summed E-state index contributed by atoms with van der Waals surface area (Å²) in [4.78, 5) is 0. The summed E-state index contributed by atoms with van der Waals surface area (Å²) in [5, 5.41) is 8.47. The lowest BCUT2D eigenvalue weighted by Gasteiger charge is -2.05. The van der Waals surface area contributed by atoms with E-state index >= 15 is 0 Å². The van der Waals surface area contributed by atoms with Gasteiger partial charge in [0.25, 0.3) is 0 Å². The van der Waals surface area contributed by atoms with E-state index in [1.54, 1.807) is 0 Å². The van der Waals surface area contributed by atoms with Gasteiger partial charge in [-0.25, -0.2) is 0 Å². The molecule has 0 radical (unpaired) electrons. The first-order valence-corrected chi connectivity index (χ1v) is 6.91. The number of hydrogen-bond donors (Lipinski definition) is 1. The summed E-state index contributed by atoms with van der Waals surface area (Å²) < 4.78 is 15.8. The summed E-state index contributed by atoms with van der Waals surface area (Å²) in [6.07, 6.45) is 9.01. The molecule has 0 bridgehead atoms. The van der Waals surface area contributed by atoms with Crippen LogP contribution in [0, 0.1) is 0 Å². The Morgan fingerprint density at radius 2 is 1.33 bits per heavy atom. The average Bonchev–Trinajstić information content (AvgIpc) is 2.39. The lowest BCUT2D eigenvalue weighted by molar-refractivity contribution is 0.00749. The molecule has 0 aromatic carbocycles. The van der Waals surface area contributed by atoms with Gasteiger partial charge in [-0.3, -0.25) is 0 Å². The van der Waals surface area contributed by atoms with Gasteiger partial charge < -0.3 is 19.3 Å². The van der Waals surface area contributed by atoms with Crippen molar-refractivity contribution in [3.63, 3.8) is 0 Å². The van der Waals surface area contributed by atoms with Crippen LogP contribution in [0.1, 0.15) is 32.6 Å². The van der Waals surface area contributed by atoms with E-state index in [1.807, 2.05) is 0 Å². The van der Waals surface area contributed by atoms with E-state index in [4.69, 9.17) is 19.3 Å². The Morgan fingerprint density at radius 1 is 0.778 bits per heavy atom. The molecule has 0 saturated heterocycles. The first-order valence-electron chi connectivity index (χ1n) is 6.91. The van der Waals surface area contributed by atoms with Crippen LogP contribution in [0.15, 0.2) is 12.2 Å². The SMILES string of the molecule is CCC/C=C/CCCOCCOCCOCCO. The Labute approximate surface area is 111 Å². The van der Waals surface area contributed by atoms with Crippen LogP contribution in [0.25, 0.3) is 0 Å². The Morgan fingerprint density at radius 3 is 1.94 bits per heavy atom. The molecule has 18 heavy (non-hydrogen) atoms. The predicted molar refractivity (Wildman–Crippen MR) is 72.8 cm³/mol. The van der Waals surface area contributed by atoms with Gasteiger partial charge >= 0.3 is 0 Å². The number of hydrogen-bond acceptors (Lipinski definition) is 4. The zero-order chi connectivity index (χ0) is 13.3. The van der Waals surface area contributed by atoms with Crippen LogP contribution < -0.4 is 0 Å². The highest BCUT2D eigenvalue weighted by Gasteiger charge is 1.91. The molecule has 0 aliphatic carbocycles. The number of unbranched alkanes of at least 4 members (excludes halogenated alkanes) is 2. The molecule has 0 heterocycles. The maximum atomic E-state index is 8.47. The van der Waals surface area contributed by atoms with E-state index in [0.29, 0.717) is 33.0 Å². The summed E-state index contributed by atoms with van der Waals surface area (Å²) in [7, 11) is 0. The van der Waals surface area contributed by atoms with E-state index in [9.17, 15) is 0 Å². The fourth-order valence-electron chi connectivity index (χ4n) is 1.31. The molecule has 0 aromatic rings. The molecule has 4 nitrogen and oxygen atoms in total. The maximum Gasteiger partial charge on any atom is 0.0701 e. The highest BCUT2D eigenvalue weighted by atomic mass is 16.5. The van der Waals surface area contributed by atoms with Crippen molar-refractivity contribution in [1.29, 1.82) is 0 Å². The number of aliphatic hydroxyl groups is 1. The fraction of sp³-hybridized carbons (Fsp3) is 0.857. The van der Waals surface area contributed by atoms with Crippen molar-refractivity contribution in [1.82, 2.24) is 0 Å². The van der Waals surface area contributed by atoms with Gasteiger partial charge in [-0.15, -0.1) is 0 Å². The van der Waals surface area contributed by atoms with Crippen LogP contribution in [0.3, 0.4) is 0 Å². The lowest BCUT2D eigenvalue weighted by Crippen LogP contribution is -2.11. The van der Waals surface area contributed by atoms with E-state index in [-0.39, 0.29) is 6.61 Å². The summed E-state index contributed by atoms with van der Waals surface area (Å²) in [5.74, 6) is 0. The molecule has 0 spiro atoms. The molecular weight excluding hydrogens is 232 g/mol. The third-order valence-corrected chi connectivity index (χ3v) is 2.26. The maximum absolute atomic E-state index is 8.47. The molecule has 0 rings (SSSR count). The van der Waals surface area contributed by atoms with Crippen molar-refractivity contribution < 1.29 is 19.3 Å². The molecule has 0 fully saturated rings. The molecule has 4 heteroatoms. The smallest absolute Gasteiger partial charge is 0.0701 e. The fourth-order valence-corrected chi connectivity index (χ4v) is 1.31. The molecule has 0 atom stereocenters. The van der Waals surface area contributed by atoms with Gasteiger partial charge in [-0.05, 0) is 19.3 Å². The average molecular weight is 260 g/mol. The second-order valence-electron chi connectivity index (χ2n) is 3.96. The van der Waals surface area contributed by atoms with Crippen molar-refractivity contribution >= 4 is 0 Å². The third kappa shape index (κ3) is 15.6. The highest BCUT2D eigenvalue weighted by molar-refractivity contribution is 4.80. The molecule has 0 saturated carbocycles. The molecule has 0 aromatic heterocycles. The van der Waals surface area contributed by atoms with Crippen molar-refractivity contribution in [3.8, 4) is 0 Å². The van der Waals surface area contributed by atoms with Crippen molar-refractivity contribution in [2.24, 2.45) is 0 Å². The number of allylic oxidation sites excluding steroid dienone is 2. The van der Waals surface area contributed by atoms with Crippen LogP contribution in [0.2, 0.25) is 0 Å². The Hall–Kier alpha value is -0.420. The number of aliphatic hydroxyl groups excluding tert-OH is 1. The summed E-state index contributed by atoms with van der Waals surface area (Å²) in [6, 6.07) is 0. The zero-order valence-electron chi connectivity index (χ0n) is 11.6. The monoisotopic (exact) mass is 260 g/mol. The van der Waals surface area contributed by atoms with Crippen LogP contribution in [0.4, 0.5) is 0 Å². The van der Waals surface area contributed by atoms with Gasteiger partial charge in [0.1, 0.15) is 0 Å². The van der Waals surface area contributed by atoms with Gasteiger partial charge in [0.05, 0.1) is 39.6 Å². The molecule has 0 amide bonds. The summed E-state index contributed by atoms with van der Waals surface area (Å²) in [6.45, 7) is 5.75. The van der Waals surface area contributed by atoms with Crippen LogP contribution in [-0.2, 0) is 14.2 Å². The van der Waals surface area contributed by atoms with Crippen LogP contribution in [0.5, 0.6) is 0 Å². The van der Waals surface area contributed by atoms with Crippen LogP contribution in [-0.4, -0.2) is 51.4 Å². The topological polar surface area (TPSA) is 47.9 Å². The predicted octanol–water partition coefficient (Wildman–Crippen LogP) is 2.17. The van der Waals surface area contributed by atoms with E-state index < -0.39 is 0 Å². The van der Waals surface area contributed by atoms with Gasteiger partial charge in [-0.2, -0.15) is 0 Å². The minimum Gasteiger partial charge on any atom is -0.394 e. The van der Waals surface area contributed by atoms with Crippen molar-refractivity contribution in [3.05, 3.63) is 12.2 Å². The Kier molecular flexibility index (Phi) is 16.2. The van der Waals surface area contributed by atoms with E-state index in [1.165, 1.54) is 12.8 Å². The second kappa shape index (κ2) is 16.6. The van der Waals surface area contributed by atoms with Crippen LogP contribution >= 0.6 is 0 Å². The molecule has 0 aliphatic heterocycles. The van der Waals surface area contributed by atoms with E-state index in [2.05, 4.69) is 19.1 Å². The molecule has 0 aliphatic rings. The van der Waals surface area contributed by atoms with Gasteiger partial charge in [0.15, 0.2) is 0 Å². The molecule has 0 unspecified atom stereocenters. The Bertz CT molecular complexity index is 171. The lowest BCUT2D eigenvalue weighted by atomic mass is 10.2. The quantitative estimate of drug-likeness (QED) is 0.384. The number of rotatable bonds is 14. The van der Waals surface area contributed by atoms with Gasteiger partial charge in [0.2, 0.25) is 0 Å². The molecule has 1 N–H and O–H groups in total. The van der Waals surface area contributed by atoms with Crippen molar-refractivity contribution in [2.45, 2.75) is 32.6 Å². The second-order valence-corrected chi connectivity index (χ2v) is 3.96. The van der Waals surface area contributed by atoms with Gasteiger partial charge in [0, 0.05) is 6.61 Å². The minimum atomic E-state index is 0.0653. The first-order chi connectivity index (χ1) is 8.91. The Balaban J connectivity index is 2.94. The normalized spacial score (nSPS) is 11.4. The summed E-state index contributed by atoms with van der Waals surface area (Å²) >= 11 is 0. The highest BCUT2D eigenvalue weighted by Crippen LogP contribution is 1.95. The first kappa shape index (κ1) is 17.6. The zero-order valence-corrected chi connectivity index (χ0v) is 11.6.